The van der Waals surface area contributed by atoms with Gasteiger partial charge in [0.05, 0.1) is 6.61 Å². The fourth-order valence-electron chi connectivity index (χ4n) is 3.56. The number of ether oxygens (including phenoxy) is 1. The van der Waals surface area contributed by atoms with Gasteiger partial charge in [0, 0.05) is 35.8 Å². The average molecular weight is 383 g/mol. The maximum Gasteiger partial charge on any atom is 0.125 e. The zero-order valence-corrected chi connectivity index (χ0v) is 15.8. The van der Waals surface area contributed by atoms with Crippen molar-refractivity contribution < 1.29 is 9.84 Å². The van der Waals surface area contributed by atoms with E-state index in [1.165, 1.54) is 5.56 Å². The van der Waals surface area contributed by atoms with Crippen LogP contribution in [0.2, 0.25) is 5.02 Å². The zero-order chi connectivity index (χ0) is 18.7. The molecule has 1 heterocycles. The van der Waals surface area contributed by atoms with Gasteiger partial charge >= 0.3 is 0 Å². The number of imidazole rings is 1. The predicted octanol–water partition coefficient (Wildman–Crippen LogP) is 4.52. The Bertz CT molecular complexity index is 879. The maximum atomic E-state index is 11.6. The third kappa shape index (κ3) is 4.18. The highest BCUT2D eigenvalue weighted by Gasteiger charge is 2.47. The number of halogens is 1. The summed E-state index contributed by atoms with van der Waals surface area (Å²) in [6.07, 6.45) is 6.69. The van der Waals surface area contributed by atoms with Crippen LogP contribution >= 0.6 is 11.6 Å². The van der Waals surface area contributed by atoms with E-state index in [0.717, 1.165) is 30.7 Å². The molecule has 1 atom stereocenters. The van der Waals surface area contributed by atoms with E-state index in [2.05, 4.69) is 22.1 Å². The molecule has 0 spiro atoms. The minimum absolute atomic E-state index is 0.192. The van der Waals surface area contributed by atoms with E-state index < -0.39 is 5.60 Å². The second-order valence-electron chi connectivity index (χ2n) is 7.14. The molecule has 0 amide bonds. The fourth-order valence-corrected chi connectivity index (χ4v) is 3.73. The maximum absolute atomic E-state index is 11.6. The van der Waals surface area contributed by atoms with E-state index in [9.17, 15) is 5.11 Å². The number of nitrogens with zero attached hydrogens (tertiary/aromatic N) is 1. The Morgan fingerprint density at radius 1 is 1.19 bits per heavy atom. The summed E-state index contributed by atoms with van der Waals surface area (Å²) >= 11 is 6.27. The quantitative estimate of drug-likeness (QED) is 0.602. The van der Waals surface area contributed by atoms with Gasteiger partial charge in [0.1, 0.15) is 17.2 Å². The van der Waals surface area contributed by atoms with Crippen LogP contribution in [0.5, 0.6) is 5.75 Å². The number of nitrogens with one attached hydrogen (secondary N) is 1. The number of hydrogen-bond donors (Lipinski definition) is 2. The van der Waals surface area contributed by atoms with E-state index in [0.29, 0.717) is 23.8 Å². The molecule has 3 aromatic rings. The van der Waals surface area contributed by atoms with Gasteiger partial charge in [0.15, 0.2) is 0 Å². The topological polar surface area (TPSA) is 58.1 Å². The summed E-state index contributed by atoms with van der Waals surface area (Å²) < 4.78 is 6.09. The summed E-state index contributed by atoms with van der Waals surface area (Å²) in [7, 11) is 0. The molecule has 1 aliphatic rings. The molecular weight excluding hydrogens is 360 g/mol. The lowest BCUT2D eigenvalue weighted by molar-refractivity contribution is 0.00873. The standard InChI is InChI=1S/C22H23ClN2O2/c23-18-8-9-20(27-13-10-16-4-2-1-3-5-16)19(14-18)22(26,17-6-7-17)15-21-24-11-12-25-21/h1-5,8-9,11-12,14,17,26H,6-7,10,13,15H2,(H,24,25). The molecule has 0 radical (unpaired) electrons. The first-order chi connectivity index (χ1) is 13.1. The minimum Gasteiger partial charge on any atom is -0.493 e. The number of H-pyrrole nitrogens is 1. The van der Waals surface area contributed by atoms with Gasteiger partial charge in [0.25, 0.3) is 0 Å². The van der Waals surface area contributed by atoms with Crippen molar-refractivity contribution in [1.82, 2.24) is 9.97 Å². The lowest BCUT2D eigenvalue weighted by atomic mass is 9.84. The highest BCUT2D eigenvalue weighted by molar-refractivity contribution is 6.30. The van der Waals surface area contributed by atoms with Crippen LogP contribution in [0.25, 0.3) is 0 Å². The van der Waals surface area contributed by atoms with Gasteiger partial charge in [-0.1, -0.05) is 41.9 Å². The molecular formula is C22H23ClN2O2. The van der Waals surface area contributed by atoms with Crippen molar-refractivity contribution in [3.8, 4) is 5.75 Å². The molecule has 4 rings (SSSR count). The number of benzene rings is 2. The Morgan fingerprint density at radius 2 is 2.00 bits per heavy atom. The van der Waals surface area contributed by atoms with Crippen molar-refractivity contribution in [3.05, 3.63) is 82.9 Å². The largest absolute Gasteiger partial charge is 0.493 e. The van der Waals surface area contributed by atoms with Gasteiger partial charge in [-0.05, 0) is 42.5 Å². The normalized spacial score (nSPS) is 16.1. The molecule has 2 aromatic carbocycles. The van der Waals surface area contributed by atoms with Crippen LogP contribution in [-0.4, -0.2) is 21.7 Å². The molecule has 1 aromatic heterocycles. The van der Waals surface area contributed by atoms with Gasteiger partial charge in [-0.15, -0.1) is 0 Å². The monoisotopic (exact) mass is 382 g/mol. The molecule has 5 heteroatoms. The van der Waals surface area contributed by atoms with Crippen molar-refractivity contribution in [1.29, 1.82) is 0 Å². The first kappa shape index (κ1) is 18.1. The summed E-state index contributed by atoms with van der Waals surface area (Å²) in [4.78, 5) is 7.40. The first-order valence-electron chi connectivity index (χ1n) is 9.32. The van der Waals surface area contributed by atoms with E-state index in [-0.39, 0.29) is 5.92 Å². The average Bonchev–Trinajstić information content (AvgIpc) is 3.43. The number of rotatable bonds is 8. The first-order valence-corrected chi connectivity index (χ1v) is 9.70. The Labute approximate surface area is 164 Å². The molecule has 4 nitrogen and oxygen atoms in total. The third-order valence-electron chi connectivity index (χ3n) is 5.14. The van der Waals surface area contributed by atoms with Crippen LogP contribution in [-0.2, 0) is 18.4 Å². The number of aromatic amines is 1. The Morgan fingerprint density at radius 3 is 2.70 bits per heavy atom. The highest BCUT2D eigenvalue weighted by Crippen LogP contribution is 2.50. The SMILES string of the molecule is OC(Cc1ncc[nH]1)(c1cc(Cl)ccc1OCCc1ccccc1)C1CC1. The van der Waals surface area contributed by atoms with Gasteiger partial charge in [0.2, 0.25) is 0 Å². The molecule has 1 saturated carbocycles. The predicted molar refractivity (Wildman–Crippen MR) is 106 cm³/mol. The Balaban J connectivity index is 1.57. The van der Waals surface area contributed by atoms with Gasteiger partial charge in [-0.3, -0.25) is 0 Å². The lowest BCUT2D eigenvalue weighted by Crippen LogP contribution is -2.32. The van der Waals surface area contributed by atoms with E-state index in [1.54, 1.807) is 12.4 Å². The van der Waals surface area contributed by atoms with E-state index in [4.69, 9.17) is 16.3 Å². The molecule has 27 heavy (non-hydrogen) atoms. The molecule has 0 aliphatic heterocycles. The van der Waals surface area contributed by atoms with Crippen molar-refractivity contribution in [2.45, 2.75) is 31.3 Å². The van der Waals surface area contributed by atoms with Crippen LogP contribution in [0, 0.1) is 5.92 Å². The van der Waals surface area contributed by atoms with Crippen LogP contribution < -0.4 is 4.74 Å². The van der Waals surface area contributed by atoms with Crippen LogP contribution in [0.3, 0.4) is 0 Å². The number of aliphatic hydroxyl groups is 1. The third-order valence-corrected chi connectivity index (χ3v) is 5.38. The summed E-state index contributed by atoms with van der Waals surface area (Å²) in [5, 5.41) is 12.2. The van der Waals surface area contributed by atoms with E-state index >= 15 is 0 Å². The van der Waals surface area contributed by atoms with Crippen LogP contribution in [0.4, 0.5) is 0 Å². The number of aromatic nitrogens is 2. The molecule has 0 saturated heterocycles. The van der Waals surface area contributed by atoms with Crippen molar-refractivity contribution >= 4 is 11.6 Å². The zero-order valence-electron chi connectivity index (χ0n) is 15.1. The minimum atomic E-state index is -1.04. The molecule has 2 N–H and O–H groups in total. The summed E-state index contributed by atoms with van der Waals surface area (Å²) in [6.45, 7) is 0.542. The lowest BCUT2D eigenvalue weighted by Gasteiger charge is -2.30. The van der Waals surface area contributed by atoms with Gasteiger partial charge in [-0.2, -0.15) is 0 Å². The molecule has 140 valence electrons. The molecule has 1 unspecified atom stereocenters. The molecule has 1 aliphatic carbocycles. The smallest absolute Gasteiger partial charge is 0.125 e. The van der Waals surface area contributed by atoms with Crippen LogP contribution in [0.1, 0.15) is 29.8 Å². The van der Waals surface area contributed by atoms with Crippen LogP contribution in [0.15, 0.2) is 60.9 Å². The van der Waals surface area contributed by atoms with Crippen molar-refractivity contribution in [2.24, 2.45) is 5.92 Å². The Hall–Kier alpha value is -2.30. The second-order valence-corrected chi connectivity index (χ2v) is 7.57. The van der Waals surface area contributed by atoms with Gasteiger partial charge in [-0.25, -0.2) is 4.98 Å². The Kier molecular flexibility index (Phi) is 5.19. The molecule has 1 fully saturated rings. The van der Waals surface area contributed by atoms with Crippen molar-refractivity contribution in [3.63, 3.8) is 0 Å². The summed E-state index contributed by atoms with van der Waals surface area (Å²) in [6, 6.07) is 15.7. The molecule has 0 bridgehead atoms. The van der Waals surface area contributed by atoms with Gasteiger partial charge < -0.3 is 14.8 Å². The highest BCUT2D eigenvalue weighted by atomic mass is 35.5. The van der Waals surface area contributed by atoms with E-state index in [1.807, 2.05) is 36.4 Å². The summed E-state index contributed by atoms with van der Waals surface area (Å²) in [5.41, 5.74) is 0.938. The number of hydrogen-bond acceptors (Lipinski definition) is 3. The summed E-state index contributed by atoms with van der Waals surface area (Å²) in [5.74, 6) is 1.65. The fraction of sp³-hybridized carbons (Fsp3) is 0.318. The second kappa shape index (κ2) is 7.75. The van der Waals surface area contributed by atoms with Crippen molar-refractivity contribution in [2.75, 3.05) is 6.61 Å².